The number of rotatable bonds is 7. The van der Waals surface area contributed by atoms with E-state index in [4.69, 9.17) is 0 Å². The van der Waals surface area contributed by atoms with Gasteiger partial charge in [0.05, 0.1) is 23.0 Å². The number of carbonyl (C=O) groups excluding carboxylic acids is 1. The summed E-state index contributed by atoms with van der Waals surface area (Å²) in [7, 11) is 0. The first-order chi connectivity index (χ1) is 14.8. The van der Waals surface area contributed by atoms with Crippen LogP contribution in [-0.2, 0) is 11.3 Å². The van der Waals surface area contributed by atoms with Gasteiger partial charge in [0.25, 0.3) is 5.56 Å². The third-order valence-corrected chi connectivity index (χ3v) is 8.17. The van der Waals surface area contributed by atoms with E-state index in [1.807, 2.05) is 32.0 Å². The van der Waals surface area contributed by atoms with Crippen molar-refractivity contribution in [2.75, 3.05) is 6.54 Å². The molecule has 166 valence electrons. The summed E-state index contributed by atoms with van der Waals surface area (Å²) in [6.45, 7) is 7.03. The summed E-state index contributed by atoms with van der Waals surface area (Å²) in [5.41, 5.74) is 0.413. The number of fused-ring (bicyclic) bond motifs is 1. The lowest BCUT2D eigenvalue weighted by Gasteiger charge is -2.46. The molecule has 2 saturated carbocycles. The Morgan fingerprint density at radius 2 is 2.00 bits per heavy atom. The van der Waals surface area contributed by atoms with Gasteiger partial charge in [-0.2, -0.15) is 0 Å². The highest BCUT2D eigenvalue weighted by molar-refractivity contribution is 7.97. The van der Waals surface area contributed by atoms with Crippen LogP contribution in [-0.4, -0.2) is 38.1 Å². The van der Waals surface area contributed by atoms with Crippen molar-refractivity contribution in [2.24, 2.45) is 5.92 Å². The van der Waals surface area contributed by atoms with Crippen molar-refractivity contribution in [2.45, 2.75) is 81.9 Å². The topological polar surface area (TPSA) is 76.3 Å². The first-order valence-corrected chi connectivity index (χ1v) is 12.2. The number of benzene rings is 1. The Bertz CT molecular complexity index is 1160. The van der Waals surface area contributed by atoms with Gasteiger partial charge < -0.3 is 4.90 Å². The SMILES string of the molecule is CCC(=O)N1CC(n2c(=O)c3cc(SNC4(C)CC4)ccc3n(CC3CC3)c2=O)C1C. The molecule has 1 aliphatic heterocycles. The number of nitrogens with zero attached hydrogens (tertiary/aromatic N) is 3. The van der Waals surface area contributed by atoms with Crippen molar-refractivity contribution in [3.63, 3.8) is 0 Å². The van der Waals surface area contributed by atoms with Gasteiger partial charge >= 0.3 is 5.69 Å². The van der Waals surface area contributed by atoms with Crippen molar-refractivity contribution < 1.29 is 4.79 Å². The molecule has 7 nitrogen and oxygen atoms in total. The van der Waals surface area contributed by atoms with Gasteiger partial charge in [-0.05, 0) is 75.6 Å². The molecule has 2 unspecified atom stereocenters. The summed E-state index contributed by atoms with van der Waals surface area (Å²) in [5, 5.41) is 0.584. The van der Waals surface area contributed by atoms with Gasteiger partial charge in [-0.1, -0.05) is 6.92 Å². The molecule has 2 heterocycles. The van der Waals surface area contributed by atoms with Crippen molar-refractivity contribution in [3.8, 4) is 0 Å². The van der Waals surface area contributed by atoms with Crippen LogP contribution in [0.25, 0.3) is 10.9 Å². The van der Waals surface area contributed by atoms with E-state index in [9.17, 15) is 14.4 Å². The summed E-state index contributed by atoms with van der Waals surface area (Å²) in [4.78, 5) is 41.8. The molecule has 1 aromatic carbocycles. The Hall–Kier alpha value is -2.06. The first kappa shape index (κ1) is 20.8. The van der Waals surface area contributed by atoms with Crippen LogP contribution in [0.3, 0.4) is 0 Å². The average molecular weight is 443 g/mol. The monoisotopic (exact) mass is 442 g/mol. The molecule has 2 aromatic rings. The number of likely N-dealkylation sites (tertiary alicyclic amines) is 1. The maximum Gasteiger partial charge on any atom is 0.331 e. The molecule has 3 aliphatic rings. The molecule has 1 aromatic heterocycles. The second kappa shape index (κ2) is 7.52. The number of amides is 1. The van der Waals surface area contributed by atoms with Gasteiger partial charge in [0.1, 0.15) is 0 Å². The van der Waals surface area contributed by atoms with Crippen LogP contribution < -0.4 is 16.0 Å². The van der Waals surface area contributed by atoms with Gasteiger partial charge in [0.2, 0.25) is 5.91 Å². The van der Waals surface area contributed by atoms with Crippen molar-refractivity contribution in [3.05, 3.63) is 39.0 Å². The van der Waals surface area contributed by atoms with Gasteiger partial charge in [-0.25, -0.2) is 4.79 Å². The molecule has 8 heteroatoms. The Morgan fingerprint density at radius 3 is 2.61 bits per heavy atom. The van der Waals surface area contributed by atoms with Crippen molar-refractivity contribution in [1.82, 2.24) is 18.8 Å². The van der Waals surface area contributed by atoms with Gasteiger partial charge in [0, 0.05) is 29.9 Å². The predicted octanol–water partition coefficient (Wildman–Crippen LogP) is 2.90. The highest BCUT2D eigenvalue weighted by Gasteiger charge is 2.41. The normalized spacial score (nSPS) is 24.3. The highest BCUT2D eigenvalue weighted by atomic mass is 32.2. The summed E-state index contributed by atoms with van der Waals surface area (Å²) in [5.74, 6) is 0.573. The van der Waals surface area contributed by atoms with Crippen LogP contribution in [0.4, 0.5) is 0 Å². The number of nitrogens with one attached hydrogen (secondary N) is 1. The van der Waals surface area contributed by atoms with E-state index >= 15 is 0 Å². The number of carbonyl (C=O) groups is 1. The standard InChI is InChI=1S/C23H30N4O3S/c1-4-20(28)25-13-19(14(25)2)27-21(29)17-11-16(31-24-23(3)9-10-23)7-8-18(17)26(22(27)30)12-15-5-6-15/h7-8,11,14-15,19,24H,4-6,9-10,12-13H2,1-3H3. The fraction of sp³-hybridized carbons (Fsp3) is 0.609. The predicted molar refractivity (Wildman–Crippen MR) is 122 cm³/mol. The van der Waals surface area contributed by atoms with E-state index in [0.717, 1.165) is 30.6 Å². The number of aromatic nitrogens is 2. The summed E-state index contributed by atoms with van der Waals surface area (Å²) >= 11 is 1.55. The fourth-order valence-corrected chi connectivity index (χ4v) is 5.23. The van der Waals surface area contributed by atoms with Gasteiger partial charge in [-0.15, -0.1) is 0 Å². The molecule has 3 fully saturated rings. The number of hydrogen-bond acceptors (Lipinski definition) is 5. The zero-order chi connectivity index (χ0) is 21.9. The minimum Gasteiger partial charge on any atom is -0.336 e. The Labute approximate surface area is 185 Å². The van der Waals surface area contributed by atoms with Crippen LogP contribution in [0.2, 0.25) is 0 Å². The molecule has 5 rings (SSSR count). The lowest BCUT2D eigenvalue weighted by molar-refractivity contribution is -0.141. The molecular formula is C23H30N4O3S. The Kier molecular flexibility index (Phi) is 5.05. The lowest BCUT2D eigenvalue weighted by Crippen LogP contribution is -2.62. The Morgan fingerprint density at radius 1 is 1.26 bits per heavy atom. The summed E-state index contributed by atoms with van der Waals surface area (Å²) < 4.78 is 6.69. The highest BCUT2D eigenvalue weighted by Crippen LogP contribution is 2.38. The lowest BCUT2D eigenvalue weighted by atomic mass is 9.97. The summed E-state index contributed by atoms with van der Waals surface area (Å²) in [6, 6.07) is 5.40. The van der Waals surface area contributed by atoms with E-state index < -0.39 is 0 Å². The number of hydrogen-bond donors (Lipinski definition) is 1. The van der Waals surface area contributed by atoms with Gasteiger partial charge in [-0.3, -0.25) is 23.4 Å². The second-order valence-corrected chi connectivity index (χ2v) is 10.5. The minimum atomic E-state index is -0.273. The fourth-order valence-electron chi connectivity index (χ4n) is 4.35. The molecule has 1 saturated heterocycles. The van der Waals surface area contributed by atoms with Crippen LogP contribution in [0.1, 0.15) is 58.9 Å². The largest absolute Gasteiger partial charge is 0.336 e. The van der Waals surface area contributed by atoms with E-state index in [2.05, 4.69) is 11.6 Å². The maximum atomic E-state index is 13.5. The molecule has 1 amide bonds. The quantitative estimate of drug-likeness (QED) is 0.668. The summed E-state index contributed by atoms with van der Waals surface area (Å²) in [6.07, 6.45) is 5.01. The van der Waals surface area contributed by atoms with E-state index in [1.54, 1.807) is 21.4 Å². The second-order valence-electron chi connectivity index (χ2n) is 9.66. The van der Waals surface area contributed by atoms with E-state index in [-0.39, 0.29) is 34.8 Å². The Balaban J connectivity index is 1.56. The zero-order valence-electron chi connectivity index (χ0n) is 18.4. The molecule has 2 aliphatic carbocycles. The molecule has 0 bridgehead atoms. The molecule has 0 spiro atoms. The molecular weight excluding hydrogens is 412 g/mol. The van der Waals surface area contributed by atoms with Crippen molar-refractivity contribution in [1.29, 1.82) is 0 Å². The molecule has 0 radical (unpaired) electrons. The third-order valence-electron chi connectivity index (χ3n) is 7.08. The van der Waals surface area contributed by atoms with Crippen molar-refractivity contribution >= 4 is 28.8 Å². The zero-order valence-corrected chi connectivity index (χ0v) is 19.2. The van der Waals surface area contributed by atoms with Crippen LogP contribution in [0, 0.1) is 5.92 Å². The smallest absolute Gasteiger partial charge is 0.331 e. The third kappa shape index (κ3) is 3.74. The minimum absolute atomic E-state index is 0.0641. The first-order valence-electron chi connectivity index (χ1n) is 11.3. The maximum absolute atomic E-state index is 13.5. The van der Waals surface area contributed by atoms with Crippen LogP contribution >= 0.6 is 11.9 Å². The molecule has 1 N–H and O–H groups in total. The van der Waals surface area contributed by atoms with Gasteiger partial charge in [0.15, 0.2) is 0 Å². The average Bonchev–Trinajstić information content (AvgIpc) is 3.69. The molecule has 31 heavy (non-hydrogen) atoms. The molecule has 2 atom stereocenters. The van der Waals surface area contributed by atoms with Crippen LogP contribution in [0.15, 0.2) is 32.7 Å². The van der Waals surface area contributed by atoms with Crippen LogP contribution in [0.5, 0.6) is 0 Å². The van der Waals surface area contributed by atoms with E-state index in [1.165, 1.54) is 4.57 Å². The van der Waals surface area contributed by atoms with E-state index in [0.29, 0.717) is 36.3 Å².